The first-order valence-electron chi connectivity index (χ1n) is 5.43. The SMILES string of the molecule is CC(C)(O)CN1CCN(CC=CCl)CC1. The zero-order valence-electron chi connectivity index (χ0n) is 9.62. The number of hydrogen-bond donors (Lipinski definition) is 1. The van der Waals surface area contributed by atoms with Gasteiger partial charge < -0.3 is 5.11 Å². The van der Waals surface area contributed by atoms with Crippen molar-refractivity contribution in [3.63, 3.8) is 0 Å². The molecule has 0 aromatic carbocycles. The predicted octanol–water partition coefficient (Wildman–Crippen LogP) is 1.13. The van der Waals surface area contributed by atoms with Crippen LogP contribution in [0.25, 0.3) is 0 Å². The van der Waals surface area contributed by atoms with E-state index in [0.29, 0.717) is 0 Å². The van der Waals surface area contributed by atoms with Crippen LogP contribution in [-0.4, -0.2) is 59.8 Å². The van der Waals surface area contributed by atoms with E-state index in [1.54, 1.807) is 5.54 Å². The van der Waals surface area contributed by atoms with E-state index in [-0.39, 0.29) is 0 Å². The second-order valence-electron chi connectivity index (χ2n) is 4.75. The molecule has 3 nitrogen and oxygen atoms in total. The molecular formula is C11H21ClN2O. The molecule has 88 valence electrons. The van der Waals surface area contributed by atoms with Gasteiger partial charge in [0.05, 0.1) is 5.60 Å². The van der Waals surface area contributed by atoms with Crippen molar-refractivity contribution in [1.82, 2.24) is 9.80 Å². The Labute approximate surface area is 97.3 Å². The van der Waals surface area contributed by atoms with Gasteiger partial charge in [0.2, 0.25) is 0 Å². The fourth-order valence-electron chi connectivity index (χ4n) is 1.87. The zero-order valence-corrected chi connectivity index (χ0v) is 10.4. The van der Waals surface area contributed by atoms with Crippen LogP contribution >= 0.6 is 11.6 Å². The minimum absolute atomic E-state index is 0.585. The average Bonchev–Trinajstić information content (AvgIpc) is 2.14. The summed E-state index contributed by atoms with van der Waals surface area (Å²) in [6.07, 6.45) is 1.97. The lowest BCUT2D eigenvalue weighted by Gasteiger charge is -2.36. The van der Waals surface area contributed by atoms with E-state index in [1.807, 2.05) is 19.9 Å². The molecule has 1 fully saturated rings. The molecule has 0 radical (unpaired) electrons. The quantitative estimate of drug-likeness (QED) is 0.787. The topological polar surface area (TPSA) is 26.7 Å². The van der Waals surface area contributed by atoms with Gasteiger partial charge in [0.25, 0.3) is 0 Å². The Morgan fingerprint density at radius 1 is 1.20 bits per heavy atom. The Morgan fingerprint density at radius 3 is 2.20 bits per heavy atom. The van der Waals surface area contributed by atoms with E-state index in [0.717, 1.165) is 39.3 Å². The van der Waals surface area contributed by atoms with Crippen LogP contribution in [0.5, 0.6) is 0 Å². The Morgan fingerprint density at radius 2 is 1.73 bits per heavy atom. The Kier molecular flexibility index (Phi) is 5.06. The number of piperazine rings is 1. The lowest BCUT2D eigenvalue weighted by molar-refractivity contribution is 0.0193. The maximum atomic E-state index is 9.69. The molecule has 0 bridgehead atoms. The van der Waals surface area contributed by atoms with Crippen molar-refractivity contribution >= 4 is 11.6 Å². The summed E-state index contributed by atoms with van der Waals surface area (Å²) in [5.41, 5.74) is 0.988. The number of β-amino-alcohol motifs (C(OH)–C–C–N with tert-alkyl or cyclic N) is 1. The van der Waals surface area contributed by atoms with Crippen LogP contribution in [0.3, 0.4) is 0 Å². The zero-order chi connectivity index (χ0) is 11.3. The highest BCUT2D eigenvalue weighted by molar-refractivity contribution is 6.25. The summed E-state index contributed by atoms with van der Waals surface area (Å²) in [6.45, 7) is 9.56. The van der Waals surface area contributed by atoms with Crippen LogP contribution < -0.4 is 0 Å². The number of nitrogens with zero attached hydrogens (tertiary/aromatic N) is 2. The average molecular weight is 233 g/mol. The highest BCUT2D eigenvalue weighted by Crippen LogP contribution is 2.08. The van der Waals surface area contributed by atoms with Crippen LogP contribution in [0.1, 0.15) is 13.8 Å². The van der Waals surface area contributed by atoms with Crippen LogP contribution in [0.2, 0.25) is 0 Å². The summed E-state index contributed by atoms with van der Waals surface area (Å²) >= 11 is 5.49. The van der Waals surface area contributed by atoms with Gasteiger partial charge in [0.15, 0.2) is 0 Å². The van der Waals surface area contributed by atoms with Gasteiger partial charge >= 0.3 is 0 Å². The fourth-order valence-corrected chi connectivity index (χ4v) is 1.95. The molecule has 1 N–H and O–H groups in total. The van der Waals surface area contributed by atoms with Crippen molar-refractivity contribution in [3.8, 4) is 0 Å². The lowest BCUT2D eigenvalue weighted by atomic mass is 10.1. The highest BCUT2D eigenvalue weighted by Gasteiger charge is 2.21. The normalized spacial score (nSPS) is 21.3. The standard InChI is InChI=1S/C11H21ClN2O/c1-11(2,15)10-14-8-6-13(7-9-14)5-3-4-12/h3-4,15H,5-10H2,1-2H3. The molecular weight excluding hydrogens is 212 g/mol. The van der Waals surface area contributed by atoms with Crippen molar-refractivity contribution in [3.05, 3.63) is 11.6 Å². The van der Waals surface area contributed by atoms with Crippen LogP contribution in [-0.2, 0) is 0 Å². The Bertz CT molecular complexity index is 205. The number of aliphatic hydroxyl groups is 1. The highest BCUT2D eigenvalue weighted by atomic mass is 35.5. The van der Waals surface area contributed by atoms with Crippen LogP contribution in [0.4, 0.5) is 0 Å². The lowest BCUT2D eigenvalue weighted by Crippen LogP contribution is -2.50. The molecule has 1 aliphatic rings. The van der Waals surface area contributed by atoms with Gasteiger partial charge in [0.1, 0.15) is 0 Å². The molecule has 0 aromatic heterocycles. The van der Waals surface area contributed by atoms with Crippen molar-refractivity contribution in [2.45, 2.75) is 19.4 Å². The first kappa shape index (κ1) is 13.0. The molecule has 0 atom stereocenters. The maximum Gasteiger partial charge on any atom is 0.0718 e. The van der Waals surface area contributed by atoms with Crippen LogP contribution in [0.15, 0.2) is 11.6 Å². The Hall–Kier alpha value is -0.0900. The van der Waals surface area contributed by atoms with E-state index in [9.17, 15) is 5.11 Å². The van der Waals surface area contributed by atoms with E-state index < -0.39 is 5.60 Å². The number of hydrogen-bond acceptors (Lipinski definition) is 3. The smallest absolute Gasteiger partial charge is 0.0718 e. The van der Waals surface area contributed by atoms with E-state index in [2.05, 4.69) is 9.80 Å². The summed E-state index contributed by atoms with van der Waals surface area (Å²) in [4.78, 5) is 4.67. The monoisotopic (exact) mass is 232 g/mol. The molecule has 1 rings (SSSR count). The summed E-state index contributed by atoms with van der Waals surface area (Å²) in [5.74, 6) is 0. The van der Waals surface area contributed by atoms with Gasteiger partial charge in [0, 0.05) is 44.8 Å². The third-order valence-electron chi connectivity index (χ3n) is 2.53. The molecule has 1 saturated heterocycles. The molecule has 0 amide bonds. The molecule has 0 aromatic rings. The molecule has 15 heavy (non-hydrogen) atoms. The summed E-state index contributed by atoms with van der Waals surface area (Å²) in [7, 11) is 0. The third kappa shape index (κ3) is 5.52. The minimum Gasteiger partial charge on any atom is -0.389 e. The fraction of sp³-hybridized carbons (Fsp3) is 0.818. The molecule has 4 heteroatoms. The minimum atomic E-state index is -0.585. The van der Waals surface area contributed by atoms with E-state index in [4.69, 9.17) is 11.6 Å². The molecule has 0 saturated carbocycles. The second kappa shape index (κ2) is 5.85. The summed E-state index contributed by atoms with van der Waals surface area (Å²) in [6, 6.07) is 0. The van der Waals surface area contributed by atoms with Crippen molar-refractivity contribution in [1.29, 1.82) is 0 Å². The molecule has 0 aliphatic carbocycles. The van der Waals surface area contributed by atoms with Gasteiger partial charge in [-0.1, -0.05) is 17.7 Å². The van der Waals surface area contributed by atoms with E-state index >= 15 is 0 Å². The first-order valence-corrected chi connectivity index (χ1v) is 5.87. The van der Waals surface area contributed by atoms with Gasteiger partial charge in [-0.3, -0.25) is 9.80 Å². The predicted molar refractivity (Wildman–Crippen MR) is 64.2 cm³/mol. The first-order chi connectivity index (χ1) is 7.01. The van der Waals surface area contributed by atoms with Gasteiger partial charge in [-0.15, -0.1) is 0 Å². The number of halogens is 1. The third-order valence-corrected chi connectivity index (χ3v) is 2.71. The van der Waals surface area contributed by atoms with Crippen molar-refractivity contribution < 1.29 is 5.11 Å². The summed E-state index contributed by atoms with van der Waals surface area (Å²) < 4.78 is 0. The molecule has 1 heterocycles. The molecule has 0 unspecified atom stereocenters. The van der Waals surface area contributed by atoms with Crippen LogP contribution in [0, 0.1) is 0 Å². The Balaban J connectivity index is 2.24. The molecule has 1 aliphatic heterocycles. The number of rotatable bonds is 4. The van der Waals surface area contributed by atoms with Gasteiger partial charge in [-0.2, -0.15) is 0 Å². The van der Waals surface area contributed by atoms with Crippen molar-refractivity contribution in [2.24, 2.45) is 0 Å². The van der Waals surface area contributed by atoms with Gasteiger partial charge in [-0.05, 0) is 13.8 Å². The largest absolute Gasteiger partial charge is 0.389 e. The molecule has 0 spiro atoms. The van der Waals surface area contributed by atoms with Crippen molar-refractivity contribution in [2.75, 3.05) is 39.3 Å². The maximum absolute atomic E-state index is 9.69. The second-order valence-corrected chi connectivity index (χ2v) is 5.00. The van der Waals surface area contributed by atoms with Gasteiger partial charge in [-0.25, -0.2) is 0 Å². The summed E-state index contributed by atoms with van der Waals surface area (Å²) in [5, 5.41) is 9.69. The van der Waals surface area contributed by atoms with E-state index in [1.165, 1.54) is 0 Å².